The third-order valence-electron chi connectivity index (χ3n) is 4.72. The van der Waals surface area contributed by atoms with Crippen LogP contribution in [0, 0.1) is 18.7 Å². The van der Waals surface area contributed by atoms with Gasteiger partial charge in [-0.2, -0.15) is 4.98 Å². The van der Waals surface area contributed by atoms with Crippen LogP contribution < -0.4 is 5.32 Å². The van der Waals surface area contributed by atoms with Crippen molar-refractivity contribution in [3.63, 3.8) is 0 Å². The standard InChI is InChI=1S/C18H17ClFN5O2/c1-10-21-8-13-6-11(4-5-25(10)13)17(26)22-9-16-23-18(27-24-16)14-3-2-12(19)7-15(14)20/h2-3,7-8,11H,4-6,9H2,1H3,(H,22,26). The average molecular weight is 390 g/mol. The van der Waals surface area contributed by atoms with Gasteiger partial charge in [0.05, 0.1) is 12.1 Å². The second kappa shape index (κ2) is 7.11. The zero-order valence-electron chi connectivity index (χ0n) is 14.6. The number of hydrogen-bond donors (Lipinski definition) is 1. The molecule has 1 unspecified atom stereocenters. The Kier molecular flexibility index (Phi) is 4.65. The fourth-order valence-corrected chi connectivity index (χ4v) is 3.41. The van der Waals surface area contributed by atoms with E-state index < -0.39 is 5.82 Å². The summed E-state index contributed by atoms with van der Waals surface area (Å²) >= 11 is 5.74. The highest BCUT2D eigenvalue weighted by atomic mass is 35.5. The molecule has 1 atom stereocenters. The molecule has 4 rings (SSSR count). The van der Waals surface area contributed by atoms with Gasteiger partial charge in [-0.3, -0.25) is 4.79 Å². The molecule has 1 amide bonds. The highest BCUT2D eigenvalue weighted by molar-refractivity contribution is 6.30. The number of nitrogens with zero attached hydrogens (tertiary/aromatic N) is 4. The Morgan fingerprint density at radius 1 is 1.48 bits per heavy atom. The summed E-state index contributed by atoms with van der Waals surface area (Å²) in [5.41, 5.74) is 1.24. The topological polar surface area (TPSA) is 85.8 Å². The van der Waals surface area contributed by atoms with Crippen molar-refractivity contribution < 1.29 is 13.7 Å². The number of aromatic nitrogens is 4. The maximum Gasteiger partial charge on any atom is 0.260 e. The van der Waals surface area contributed by atoms with E-state index in [9.17, 15) is 9.18 Å². The van der Waals surface area contributed by atoms with Gasteiger partial charge in [-0.15, -0.1) is 0 Å². The van der Waals surface area contributed by atoms with Crippen molar-refractivity contribution in [2.75, 3.05) is 0 Å². The van der Waals surface area contributed by atoms with E-state index in [0.717, 1.165) is 24.5 Å². The van der Waals surface area contributed by atoms with Crippen LogP contribution in [0.5, 0.6) is 0 Å². The zero-order valence-corrected chi connectivity index (χ0v) is 15.3. The molecule has 0 fully saturated rings. The molecule has 0 aliphatic carbocycles. The Morgan fingerprint density at radius 3 is 3.15 bits per heavy atom. The third kappa shape index (κ3) is 3.57. The second-order valence-electron chi connectivity index (χ2n) is 6.50. The number of benzene rings is 1. The van der Waals surface area contributed by atoms with Gasteiger partial charge >= 0.3 is 0 Å². The largest absolute Gasteiger partial charge is 0.348 e. The summed E-state index contributed by atoms with van der Waals surface area (Å²) in [6.07, 6.45) is 3.23. The van der Waals surface area contributed by atoms with Crippen LogP contribution >= 0.6 is 11.6 Å². The molecule has 27 heavy (non-hydrogen) atoms. The predicted octanol–water partition coefficient (Wildman–Crippen LogP) is 2.91. The molecule has 1 N–H and O–H groups in total. The number of imidazole rings is 1. The molecule has 7 nitrogen and oxygen atoms in total. The first kappa shape index (κ1) is 17.7. The Labute approximate surface area is 159 Å². The van der Waals surface area contributed by atoms with Crippen LogP contribution in [0.25, 0.3) is 11.5 Å². The van der Waals surface area contributed by atoms with Crippen LogP contribution in [-0.2, 0) is 24.3 Å². The lowest BCUT2D eigenvalue weighted by molar-refractivity contribution is -0.125. The first-order chi connectivity index (χ1) is 13.0. The molecular weight excluding hydrogens is 373 g/mol. The third-order valence-corrected chi connectivity index (χ3v) is 4.95. The van der Waals surface area contributed by atoms with Gasteiger partial charge in [0.1, 0.15) is 11.6 Å². The van der Waals surface area contributed by atoms with Crippen LogP contribution in [0.3, 0.4) is 0 Å². The van der Waals surface area contributed by atoms with Gasteiger partial charge in [-0.05, 0) is 31.5 Å². The molecule has 9 heteroatoms. The quantitative estimate of drug-likeness (QED) is 0.741. The minimum Gasteiger partial charge on any atom is -0.348 e. The molecule has 3 aromatic rings. The number of halogens is 2. The molecular formula is C18H17ClFN5O2. The molecule has 1 aromatic carbocycles. The average Bonchev–Trinajstić information content (AvgIpc) is 3.26. The zero-order chi connectivity index (χ0) is 19.0. The van der Waals surface area contributed by atoms with E-state index >= 15 is 0 Å². The van der Waals surface area contributed by atoms with Crippen LogP contribution in [-0.4, -0.2) is 25.6 Å². The Morgan fingerprint density at radius 2 is 2.33 bits per heavy atom. The predicted molar refractivity (Wildman–Crippen MR) is 95.3 cm³/mol. The molecule has 0 radical (unpaired) electrons. The van der Waals surface area contributed by atoms with Crippen LogP contribution in [0.4, 0.5) is 4.39 Å². The summed E-state index contributed by atoms with van der Waals surface area (Å²) in [6.45, 7) is 2.86. The summed E-state index contributed by atoms with van der Waals surface area (Å²) in [6, 6.07) is 4.19. The SMILES string of the molecule is Cc1ncc2n1CCC(C(=O)NCc1noc(-c3ccc(Cl)cc3F)n1)C2. The molecule has 0 saturated heterocycles. The highest BCUT2D eigenvalue weighted by Gasteiger charge is 2.26. The van der Waals surface area contributed by atoms with Gasteiger partial charge in [0, 0.05) is 35.8 Å². The summed E-state index contributed by atoms with van der Waals surface area (Å²) in [7, 11) is 0. The lowest BCUT2D eigenvalue weighted by Crippen LogP contribution is -2.35. The second-order valence-corrected chi connectivity index (χ2v) is 6.93. The molecule has 2 aromatic heterocycles. The first-order valence-electron chi connectivity index (χ1n) is 8.58. The molecule has 0 saturated carbocycles. The highest BCUT2D eigenvalue weighted by Crippen LogP contribution is 2.24. The van der Waals surface area contributed by atoms with Crippen molar-refractivity contribution in [1.29, 1.82) is 0 Å². The van der Waals surface area contributed by atoms with Crippen molar-refractivity contribution in [2.45, 2.75) is 32.9 Å². The van der Waals surface area contributed by atoms with Gasteiger partial charge in [0.2, 0.25) is 5.91 Å². The van der Waals surface area contributed by atoms with Gasteiger partial charge in [0.15, 0.2) is 5.82 Å². The van der Waals surface area contributed by atoms with E-state index in [0.29, 0.717) is 6.42 Å². The lowest BCUT2D eigenvalue weighted by Gasteiger charge is -2.23. The summed E-state index contributed by atoms with van der Waals surface area (Å²) in [4.78, 5) is 20.9. The van der Waals surface area contributed by atoms with Crippen molar-refractivity contribution in [1.82, 2.24) is 25.0 Å². The molecule has 0 spiro atoms. The molecule has 0 bridgehead atoms. The Balaban J connectivity index is 1.38. The number of aryl methyl sites for hydroxylation is 1. The number of rotatable bonds is 4. The summed E-state index contributed by atoms with van der Waals surface area (Å²) in [5, 5.41) is 6.91. The van der Waals surface area contributed by atoms with Gasteiger partial charge in [-0.1, -0.05) is 16.8 Å². The van der Waals surface area contributed by atoms with E-state index in [4.69, 9.17) is 16.1 Å². The van der Waals surface area contributed by atoms with Crippen molar-refractivity contribution in [3.05, 3.63) is 52.6 Å². The number of amides is 1. The van der Waals surface area contributed by atoms with E-state index in [1.807, 2.05) is 13.1 Å². The smallest absolute Gasteiger partial charge is 0.260 e. The van der Waals surface area contributed by atoms with Crippen LogP contribution in [0.1, 0.15) is 23.8 Å². The Bertz CT molecular complexity index is 1000. The first-order valence-corrected chi connectivity index (χ1v) is 8.96. The fourth-order valence-electron chi connectivity index (χ4n) is 3.26. The van der Waals surface area contributed by atoms with E-state index in [1.54, 1.807) is 6.07 Å². The number of carbonyl (C=O) groups is 1. The van der Waals surface area contributed by atoms with Crippen molar-refractivity contribution in [2.24, 2.45) is 5.92 Å². The number of fused-ring (bicyclic) bond motifs is 1. The number of hydrogen-bond acceptors (Lipinski definition) is 5. The van der Waals surface area contributed by atoms with Crippen LogP contribution in [0.15, 0.2) is 28.9 Å². The van der Waals surface area contributed by atoms with E-state index in [-0.39, 0.29) is 40.7 Å². The number of nitrogens with one attached hydrogen (secondary N) is 1. The van der Waals surface area contributed by atoms with Gasteiger partial charge < -0.3 is 14.4 Å². The van der Waals surface area contributed by atoms with E-state index in [1.165, 1.54) is 12.1 Å². The lowest BCUT2D eigenvalue weighted by atomic mass is 9.95. The molecule has 1 aliphatic heterocycles. The summed E-state index contributed by atoms with van der Waals surface area (Å²) in [5.74, 6) is 0.570. The molecule has 140 valence electrons. The number of carbonyl (C=O) groups excluding carboxylic acids is 1. The fraction of sp³-hybridized carbons (Fsp3) is 0.333. The Hall–Kier alpha value is -2.74. The van der Waals surface area contributed by atoms with Gasteiger partial charge in [0.25, 0.3) is 5.89 Å². The molecule has 3 heterocycles. The van der Waals surface area contributed by atoms with Crippen molar-refractivity contribution >= 4 is 17.5 Å². The normalized spacial score (nSPS) is 16.2. The van der Waals surface area contributed by atoms with E-state index in [2.05, 4.69) is 25.0 Å². The monoisotopic (exact) mass is 389 g/mol. The minimum absolute atomic E-state index is 0.0467. The minimum atomic E-state index is -0.546. The maximum atomic E-state index is 13.9. The van der Waals surface area contributed by atoms with Crippen LogP contribution in [0.2, 0.25) is 5.02 Å². The van der Waals surface area contributed by atoms with Crippen molar-refractivity contribution in [3.8, 4) is 11.5 Å². The molecule has 1 aliphatic rings. The van der Waals surface area contributed by atoms with Gasteiger partial charge in [-0.25, -0.2) is 9.37 Å². The maximum absolute atomic E-state index is 13.9. The summed E-state index contributed by atoms with van der Waals surface area (Å²) < 4.78 is 21.2.